The van der Waals surface area contributed by atoms with Crippen molar-refractivity contribution in [2.45, 2.75) is 31.7 Å². The van der Waals surface area contributed by atoms with E-state index >= 15 is 0 Å². The zero-order chi connectivity index (χ0) is 18.1. The molecule has 0 aromatic heterocycles. The standard InChI is InChI=1S/C17H18ClFN2O4/c18-12-4-3-11(8-13(12)19)21-6-5-14(16(21)23)20-15(22)9-1-2-10(7-9)17(24)25/h3-4,8-10,14H,1-2,5-7H2,(H,20,22)(H,24,25)/t9-,10+,14?/m0/s1. The summed E-state index contributed by atoms with van der Waals surface area (Å²) in [5.74, 6) is -2.96. The molecule has 1 aliphatic heterocycles. The Morgan fingerprint density at radius 2 is 1.96 bits per heavy atom. The molecule has 134 valence electrons. The van der Waals surface area contributed by atoms with E-state index in [0.29, 0.717) is 37.9 Å². The number of carboxylic acids is 1. The van der Waals surface area contributed by atoms with Crippen molar-refractivity contribution in [1.82, 2.24) is 5.32 Å². The molecule has 25 heavy (non-hydrogen) atoms. The number of carbonyl (C=O) groups is 3. The molecule has 8 heteroatoms. The molecule has 1 unspecified atom stereocenters. The van der Waals surface area contributed by atoms with Crippen LogP contribution in [0.3, 0.4) is 0 Å². The first-order valence-electron chi connectivity index (χ1n) is 8.16. The molecule has 2 fully saturated rings. The molecule has 0 radical (unpaired) electrons. The summed E-state index contributed by atoms with van der Waals surface area (Å²) in [5.41, 5.74) is 0.399. The number of rotatable bonds is 4. The van der Waals surface area contributed by atoms with Gasteiger partial charge in [0.05, 0.1) is 10.9 Å². The molecule has 1 aromatic carbocycles. The van der Waals surface area contributed by atoms with Crippen LogP contribution in [-0.4, -0.2) is 35.5 Å². The van der Waals surface area contributed by atoms with Gasteiger partial charge in [-0.05, 0) is 43.9 Å². The van der Waals surface area contributed by atoms with Crippen molar-refractivity contribution in [2.75, 3.05) is 11.4 Å². The lowest BCUT2D eigenvalue weighted by molar-refractivity contribution is -0.141. The third kappa shape index (κ3) is 3.61. The molecule has 3 atom stereocenters. The highest BCUT2D eigenvalue weighted by atomic mass is 35.5. The number of aliphatic carboxylic acids is 1. The van der Waals surface area contributed by atoms with Gasteiger partial charge in [-0.2, -0.15) is 0 Å². The van der Waals surface area contributed by atoms with E-state index in [4.69, 9.17) is 16.7 Å². The molecule has 6 nitrogen and oxygen atoms in total. The van der Waals surface area contributed by atoms with Gasteiger partial charge in [0.25, 0.3) is 0 Å². The van der Waals surface area contributed by atoms with Crippen molar-refractivity contribution in [3.63, 3.8) is 0 Å². The minimum atomic E-state index is -0.886. The molecule has 1 aliphatic carbocycles. The summed E-state index contributed by atoms with van der Waals surface area (Å²) in [5, 5.41) is 11.7. The summed E-state index contributed by atoms with van der Waals surface area (Å²) in [7, 11) is 0. The maximum absolute atomic E-state index is 13.6. The average Bonchev–Trinajstić information content (AvgIpc) is 3.19. The number of hydrogen-bond acceptors (Lipinski definition) is 3. The number of carboxylic acid groups (broad SMARTS) is 1. The predicted octanol–water partition coefficient (Wildman–Crippen LogP) is 2.20. The maximum atomic E-state index is 13.6. The Morgan fingerprint density at radius 3 is 2.60 bits per heavy atom. The molecule has 2 N–H and O–H groups in total. The molecular weight excluding hydrogens is 351 g/mol. The van der Waals surface area contributed by atoms with E-state index in [1.54, 1.807) is 6.07 Å². The monoisotopic (exact) mass is 368 g/mol. The molecule has 2 amide bonds. The fourth-order valence-electron chi connectivity index (χ4n) is 3.46. The molecule has 2 aliphatic rings. The van der Waals surface area contributed by atoms with E-state index in [0.717, 1.165) is 0 Å². The van der Waals surface area contributed by atoms with Crippen LogP contribution >= 0.6 is 11.6 Å². The van der Waals surface area contributed by atoms with Crippen LogP contribution in [0.2, 0.25) is 5.02 Å². The van der Waals surface area contributed by atoms with Gasteiger partial charge in [-0.15, -0.1) is 0 Å². The van der Waals surface area contributed by atoms with Crippen LogP contribution in [0.5, 0.6) is 0 Å². The molecular formula is C17H18ClFN2O4. The normalized spacial score (nSPS) is 26.1. The van der Waals surface area contributed by atoms with E-state index in [1.165, 1.54) is 17.0 Å². The van der Waals surface area contributed by atoms with Crippen molar-refractivity contribution in [3.8, 4) is 0 Å². The van der Waals surface area contributed by atoms with Crippen LogP contribution in [0.1, 0.15) is 25.7 Å². The summed E-state index contributed by atoms with van der Waals surface area (Å²) in [6, 6.07) is 3.46. The fourth-order valence-corrected chi connectivity index (χ4v) is 3.57. The Hall–Kier alpha value is -2.15. The van der Waals surface area contributed by atoms with Crippen molar-refractivity contribution in [1.29, 1.82) is 0 Å². The second-order valence-corrected chi connectivity index (χ2v) is 6.89. The van der Waals surface area contributed by atoms with Gasteiger partial charge in [0.1, 0.15) is 11.9 Å². The van der Waals surface area contributed by atoms with Crippen molar-refractivity contribution >= 4 is 35.1 Å². The molecule has 1 saturated heterocycles. The number of benzene rings is 1. The molecule has 1 heterocycles. The first-order valence-corrected chi connectivity index (χ1v) is 8.54. The van der Waals surface area contributed by atoms with Crippen molar-refractivity contribution in [3.05, 3.63) is 29.0 Å². The predicted molar refractivity (Wildman–Crippen MR) is 88.8 cm³/mol. The Balaban J connectivity index is 1.61. The first kappa shape index (κ1) is 17.7. The van der Waals surface area contributed by atoms with Gasteiger partial charge < -0.3 is 15.3 Å². The fraction of sp³-hybridized carbons (Fsp3) is 0.471. The Kier molecular flexibility index (Phi) is 4.94. The minimum Gasteiger partial charge on any atom is -0.481 e. The number of halogens is 2. The van der Waals surface area contributed by atoms with E-state index in [2.05, 4.69) is 5.32 Å². The van der Waals surface area contributed by atoms with Crippen LogP contribution in [0.4, 0.5) is 10.1 Å². The third-order valence-electron chi connectivity index (χ3n) is 4.89. The summed E-state index contributed by atoms with van der Waals surface area (Å²) < 4.78 is 13.6. The number of nitrogens with zero attached hydrogens (tertiary/aromatic N) is 1. The van der Waals surface area contributed by atoms with Gasteiger partial charge in [-0.3, -0.25) is 14.4 Å². The minimum absolute atomic E-state index is 0.0190. The van der Waals surface area contributed by atoms with Crippen molar-refractivity contribution in [2.24, 2.45) is 11.8 Å². The van der Waals surface area contributed by atoms with E-state index in [-0.39, 0.29) is 22.8 Å². The van der Waals surface area contributed by atoms with Crippen LogP contribution in [0, 0.1) is 17.7 Å². The number of amides is 2. The highest BCUT2D eigenvalue weighted by Gasteiger charge is 2.38. The number of hydrogen-bond donors (Lipinski definition) is 2. The molecule has 1 aromatic rings. The van der Waals surface area contributed by atoms with Crippen LogP contribution in [0.15, 0.2) is 18.2 Å². The third-order valence-corrected chi connectivity index (χ3v) is 5.20. The zero-order valence-electron chi connectivity index (χ0n) is 13.4. The summed E-state index contributed by atoms with van der Waals surface area (Å²) in [4.78, 5) is 37.2. The Bertz CT molecular complexity index is 727. The zero-order valence-corrected chi connectivity index (χ0v) is 14.1. The van der Waals surface area contributed by atoms with Gasteiger partial charge in [0.15, 0.2) is 0 Å². The Morgan fingerprint density at radius 1 is 1.24 bits per heavy atom. The quantitative estimate of drug-likeness (QED) is 0.853. The number of anilines is 1. The average molecular weight is 369 g/mol. The second-order valence-electron chi connectivity index (χ2n) is 6.48. The van der Waals surface area contributed by atoms with Gasteiger partial charge in [-0.1, -0.05) is 11.6 Å². The largest absolute Gasteiger partial charge is 0.481 e. The molecule has 0 spiro atoms. The summed E-state index contributed by atoms with van der Waals surface area (Å²) in [6.07, 6.45) is 1.70. The van der Waals surface area contributed by atoms with E-state index in [1.807, 2.05) is 0 Å². The van der Waals surface area contributed by atoms with Gasteiger partial charge in [0.2, 0.25) is 11.8 Å². The topological polar surface area (TPSA) is 86.7 Å². The second kappa shape index (κ2) is 7.00. The smallest absolute Gasteiger partial charge is 0.306 e. The number of nitrogens with one attached hydrogen (secondary N) is 1. The lowest BCUT2D eigenvalue weighted by Crippen LogP contribution is -2.43. The lowest BCUT2D eigenvalue weighted by atomic mass is 10.0. The van der Waals surface area contributed by atoms with Crippen molar-refractivity contribution < 1.29 is 23.9 Å². The SMILES string of the molecule is O=C(O)[C@@H]1CC[C@H](C(=O)NC2CCN(c3ccc(Cl)c(F)c3)C2=O)C1. The lowest BCUT2D eigenvalue weighted by Gasteiger charge is -2.18. The van der Waals surface area contributed by atoms with E-state index < -0.39 is 23.7 Å². The summed E-state index contributed by atoms with van der Waals surface area (Å²) in [6.45, 7) is 0.368. The van der Waals surface area contributed by atoms with Gasteiger partial charge in [-0.25, -0.2) is 4.39 Å². The van der Waals surface area contributed by atoms with Crippen LogP contribution < -0.4 is 10.2 Å². The van der Waals surface area contributed by atoms with E-state index in [9.17, 15) is 18.8 Å². The first-order chi connectivity index (χ1) is 11.9. The maximum Gasteiger partial charge on any atom is 0.306 e. The van der Waals surface area contributed by atoms with Gasteiger partial charge >= 0.3 is 5.97 Å². The Labute approximate surface area is 148 Å². The highest BCUT2D eigenvalue weighted by Crippen LogP contribution is 2.32. The molecule has 1 saturated carbocycles. The molecule has 3 rings (SSSR count). The van der Waals surface area contributed by atoms with Gasteiger partial charge in [0, 0.05) is 18.2 Å². The van der Waals surface area contributed by atoms with Crippen LogP contribution in [0.25, 0.3) is 0 Å². The van der Waals surface area contributed by atoms with Crippen LogP contribution in [-0.2, 0) is 14.4 Å². The molecule has 0 bridgehead atoms. The number of carbonyl (C=O) groups excluding carboxylic acids is 2. The highest BCUT2D eigenvalue weighted by molar-refractivity contribution is 6.30. The summed E-state index contributed by atoms with van der Waals surface area (Å²) >= 11 is 5.65.